The van der Waals surface area contributed by atoms with Crippen LogP contribution in [0, 0.1) is 5.92 Å². The van der Waals surface area contributed by atoms with E-state index in [2.05, 4.69) is 25.2 Å². The van der Waals surface area contributed by atoms with Gasteiger partial charge in [0.05, 0.1) is 0 Å². The van der Waals surface area contributed by atoms with Crippen LogP contribution in [0.2, 0.25) is 0 Å². The maximum Gasteiger partial charge on any atom is 0.0465 e. The molecule has 0 saturated heterocycles. The van der Waals surface area contributed by atoms with Crippen LogP contribution in [0.5, 0.6) is 0 Å². The van der Waals surface area contributed by atoms with Crippen LogP contribution in [0.4, 0.5) is 0 Å². The standard InChI is InChI=1S/C15H25NOS/c1-4-16-15(11(2)8-9-17-3)14-10-12-6-5-7-13(12)18-14/h10-11,15-16H,4-9H2,1-3H3. The van der Waals surface area contributed by atoms with Gasteiger partial charge in [-0.2, -0.15) is 0 Å². The van der Waals surface area contributed by atoms with Gasteiger partial charge < -0.3 is 10.1 Å². The molecule has 0 fully saturated rings. The van der Waals surface area contributed by atoms with Gasteiger partial charge in [0.1, 0.15) is 0 Å². The molecule has 2 unspecified atom stereocenters. The number of aryl methyl sites for hydroxylation is 2. The summed E-state index contributed by atoms with van der Waals surface area (Å²) in [6, 6.07) is 2.95. The van der Waals surface area contributed by atoms with Gasteiger partial charge in [0, 0.05) is 29.5 Å². The Morgan fingerprint density at radius 1 is 1.44 bits per heavy atom. The largest absolute Gasteiger partial charge is 0.385 e. The van der Waals surface area contributed by atoms with Gasteiger partial charge in [-0.15, -0.1) is 11.3 Å². The first kappa shape index (κ1) is 14.0. The minimum atomic E-state index is 0.501. The van der Waals surface area contributed by atoms with Crippen LogP contribution in [0.25, 0.3) is 0 Å². The first-order chi connectivity index (χ1) is 8.76. The summed E-state index contributed by atoms with van der Waals surface area (Å²) >= 11 is 2.03. The average Bonchev–Trinajstić information content (AvgIpc) is 2.93. The number of rotatable bonds is 7. The second-order valence-electron chi connectivity index (χ2n) is 5.24. The average molecular weight is 267 g/mol. The Kier molecular flexibility index (Phi) is 5.22. The summed E-state index contributed by atoms with van der Waals surface area (Å²) in [5.41, 5.74) is 1.61. The Labute approximate surface area is 115 Å². The minimum Gasteiger partial charge on any atom is -0.385 e. The summed E-state index contributed by atoms with van der Waals surface area (Å²) in [5.74, 6) is 0.628. The highest BCUT2D eigenvalue weighted by Crippen LogP contribution is 2.36. The summed E-state index contributed by atoms with van der Waals surface area (Å²) in [6.45, 7) is 6.41. The fourth-order valence-electron chi connectivity index (χ4n) is 2.78. The summed E-state index contributed by atoms with van der Waals surface area (Å²) in [4.78, 5) is 3.16. The Morgan fingerprint density at radius 2 is 2.28 bits per heavy atom. The summed E-state index contributed by atoms with van der Waals surface area (Å²) in [5, 5.41) is 3.65. The molecule has 3 heteroatoms. The van der Waals surface area contributed by atoms with Gasteiger partial charge in [-0.1, -0.05) is 13.8 Å². The van der Waals surface area contributed by atoms with E-state index in [0.717, 1.165) is 19.6 Å². The van der Waals surface area contributed by atoms with Crippen molar-refractivity contribution in [1.82, 2.24) is 5.32 Å². The molecule has 1 N–H and O–H groups in total. The normalized spacial score (nSPS) is 17.7. The third-order valence-electron chi connectivity index (χ3n) is 3.84. The molecule has 0 saturated carbocycles. The van der Waals surface area contributed by atoms with Crippen LogP contribution >= 0.6 is 11.3 Å². The molecule has 1 aromatic rings. The summed E-state index contributed by atoms with van der Waals surface area (Å²) < 4.78 is 5.21. The zero-order valence-corrected chi connectivity index (χ0v) is 12.6. The van der Waals surface area contributed by atoms with E-state index in [4.69, 9.17) is 4.74 Å². The highest BCUT2D eigenvalue weighted by Gasteiger charge is 2.23. The number of nitrogens with one attached hydrogen (secondary N) is 1. The first-order valence-corrected chi connectivity index (χ1v) is 7.91. The zero-order valence-electron chi connectivity index (χ0n) is 11.8. The minimum absolute atomic E-state index is 0.501. The lowest BCUT2D eigenvalue weighted by molar-refractivity contribution is 0.171. The molecule has 0 amide bonds. The maximum absolute atomic E-state index is 5.21. The van der Waals surface area contributed by atoms with E-state index in [-0.39, 0.29) is 0 Å². The molecule has 1 aliphatic rings. The monoisotopic (exact) mass is 267 g/mol. The van der Waals surface area contributed by atoms with Crippen LogP contribution in [-0.2, 0) is 17.6 Å². The zero-order chi connectivity index (χ0) is 13.0. The van der Waals surface area contributed by atoms with Crippen LogP contribution in [0.3, 0.4) is 0 Å². The number of hydrogen-bond acceptors (Lipinski definition) is 3. The fraction of sp³-hybridized carbons (Fsp3) is 0.733. The lowest BCUT2D eigenvalue weighted by Crippen LogP contribution is -2.26. The second kappa shape index (κ2) is 6.69. The molecule has 2 rings (SSSR count). The van der Waals surface area contributed by atoms with Crippen molar-refractivity contribution in [2.75, 3.05) is 20.3 Å². The predicted molar refractivity (Wildman–Crippen MR) is 78.4 cm³/mol. The van der Waals surface area contributed by atoms with E-state index in [0.29, 0.717) is 12.0 Å². The third-order valence-corrected chi connectivity index (χ3v) is 5.16. The van der Waals surface area contributed by atoms with Gasteiger partial charge in [0.15, 0.2) is 0 Å². The molecular formula is C15H25NOS. The van der Waals surface area contributed by atoms with Crippen LogP contribution in [0.1, 0.15) is 48.0 Å². The molecule has 1 heterocycles. The highest BCUT2D eigenvalue weighted by molar-refractivity contribution is 7.12. The lowest BCUT2D eigenvalue weighted by atomic mass is 9.96. The SMILES string of the molecule is CCNC(c1cc2c(s1)CCC2)C(C)CCOC. The Hall–Kier alpha value is -0.380. The van der Waals surface area contributed by atoms with E-state index in [1.807, 2.05) is 11.3 Å². The van der Waals surface area contributed by atoms with Gasteiger partial charge in [-0.3, -0.25) is 0 Å². The van der Waals surface area contributed by atoms with Gasteiger partial charge in [0.2, 0.25) is 0 Å². The maximum atomic E-state index is 5.21. The number of hydrogen-bond donors (Lipinski definition) is 1. The molecule has 1 aliphatic carbocycles. The van der Waals surface area contributed by atoms with E-state index >= 15 is 0 Å². The molecule has 0 aliphatic heterocycles. The molecule has 1 aromatic heterocycles. The van der Waals surface area contributed by atoms with Gasteiger partial charge >= 0.3 is 0 Å². The number of thiophene rings is 1. The molecule has 0 aromatic carbocycles. The number of methoxy groups -OCH3 is 1. The molecule has 0 spiro atoms. The van der Waals surface area contributed by atoms with Crippen molar-refractivity contribution in [3.05, 3.63) is 21.4 Å². The molecule has 0 bridgehead atoms. The smallest absolute Gasteiger partial charge is 0.0465 e. The van der Waals surface area contributed by atoms with Crippen molar-refractivity contribution in [3.8, 4) is 0 Å². The van der Waals surface area contributed by atoms with E-state index in [1.54, 1.807) is 17.6 Å². The van der Waals surface area contributed by atoms with Crippen molar-refractivity contribution < 1.29 is 4.74 Å². The molecule has 2 nitrogen and oxygen atoms in total. The quantitative estimate of drug-likeness (QED) is 0.815. The summed E-state index contributed by atoms with van der Waals surface area (Å²) in [6.07, 6.45) is 5.06. The molecule has 2 atom stereocenters. The fourth-order valence-corrected chi connectivity index (χ4v) is 4.24. The lowest BCUT2D eigenvalue weighted by Gasteiger charge is -2.23. The molecular weight excluding hydrogens is 242 g/mol. The van der Waals surface area contributed by atoms with E-state index < -0.39 is 0 Å². The first-order valence-electron chi connectivity index (χ1n) is 7.10. The topological polar surface area (TPSA) is 21.3 Å². The number of fused-ring (bicyclic) bond motifs is 1. The van der Waals surface area contributed by atoms with Crippen molar-refractivity contribution in [2.45, 2.75) is 45.6 Å². The predicted octanol–water partition coefficient (Wildman–Crippen LogP) is 3.56. The van der Waals surface area contributed by atoms with Crippen molar-refractivity contribution in [2.24, 2.45) is 5.92 Å². The highest BCUT2D eigenvalue weighted by atomic mass is 32.1. The second-order valence-corrected chi connectivity index (χ2v) is 6.41. The van der Waals surface area contributed by atoms with Crippen molar-refractivity contribution in [1.29, 1.82) is 0 Å². The summed E-state index contributed by atoms with van der Waals surface area (Å²) in [7, 11) is 1.79. The van der Waals surface area contributed by atoms with Gasteiger partial charge in [-0.05, 0) is 49.8 Å². The molecule has 0 radical (unpaired) electrons. The van der Waals surface area contributed by atoms with E-state index in [1.165, 1.54) is 24.1 Å². The Balaban J connectivity index is 2.07. The van der Waals surface area contributed by atoms with Crippen molar-refractivity contribution in [3.63, 3.8) is 0 Å². The van der Waals surface area contributed by atoms with E-state index in [9.17, 15) is 0 Å². The number of ether oxygens (including phenoxy) is 1. The third kappa shape index (κ3) is 3.14. The van der Waals surface area contributed by atoms with Crippen LogP contribution < -0.4 is 5.32 Å². The Bertz CT molecular complexity index is 353. The van der Waals surface area contributed by atoms with Crippen molar-refractivity contribution >= 4 is 11.3 Å². The van der Waals surface area contributed by atoms with Gasteiger partial charge in [-0.25, -0.2) is 0 Å². The van der Waals surface area contributed by atoms with Gasteiger partial charge in [0.25, 0.3) is 0 Å². The molecule has 102 valence electrons. The molecule has 18 heavy (non-hydrogen) atoms. The Morgan fingerprint density at radius 3 is 2.94 bits per heavy atom. The van der Waals surface area contributed by atoms with Crippen LogP contribution in [0.15, 0.2) is 6.07 Å². The van der Waals surface area contributed by atoms with Crippen LogP contribution in [-0.4, -0.2) is 20.3 Å².